The van der Waals surface area contributed by atoms with Gasteiger partial charge in [-0.15, -0.1) is 0 Å². The lowest BCUT2D eigenvalue weighted by Gasteiger charge is -2.10. The summed E-state index contributed by atoms with van der Waals surface area (Å²) in [5.74, 6) is 0.155. The molecule has 0 aliphatic rings. The molecular formula is C9H21NO3S. The maximum absolute atomic E-state index is 11.3. The van der Waals surface area contributed by atoms with Gasteiger partial charge in [0.15, 0.2) is 0 Å². The Morgan fingerprint density at radius 3 is 2.43 bits per heavy atom. The summed E-state index contributed by atoms with van der Waals surface area (Å²) >= 11 is 0. The van der Waals surface area contributed by atoms with Crippen molar-refractivity contribution in [3.8, 4) is 0 Å². The van der Waals surface area contributed by atoms with Crippen LogP contribution in [0.1, 0.15) is 39.5 Å². The van der Waals surface area contributed by atoms with Crippen molar-refractivity contribution in [3.05, 3.63) is 0 Å². The molecule has 5 heteroatoms. The van der Waals surface area contributed by atoms with E-state index in [1.54, 1.807) is 0 Å². The second-order valence-electron chi connectivity index (χ2n) is 3.46. The predicted molar refractivity (Wildman–Crippen MR) is 57.6 cm³/mol. The molecule has 0 heterocycles. The zero-order valence-electron chi connectivity index (χ0n) is 8.99. The SMILES string of the molecule is CCCCS(=O)(=O)NC[C@H](O)CCC. The van der Waals surface area contributed by atoms with E-state index in [2.05, 4.69) is 4.72 Å². The van der Waals surface area contributed by atoms with Crippen molar-refractivity contribution in [3.63, 3.8) is 0 Å². The van der Waals surface area contributed by atoms with Gasteiger partial charge in [0.1, 0.15) is 0 Å². The molecule has 2 N–H and O–H groups in total. The molecule has 0 saturated heterocycles. The Labute approximate surface area is 86.8 Å². The minimum absolute atomic E-state index is 0.139. The van der Waals surface area contributed by atoms with Crippen LogP contribution in [0, 0.1) is 0 Å². The molecule has 0 saturated carbocycles. The van der Waals surface area contributed by atoms with Crippen LogP contribution < -0.4 is 4.72 Å². The molecule has 0 aliphatic carbocycles. The molecule has 14 heavy (non-hydrogen) atoms. The number of hydrogen-bond donors (Lipinski definition) is 2. The van der Waals surface area contributed by atoms with E-state index in [1.165, 1.54) is 0 Å². The Hall–Kier alpha value is -0.130. The first kappa shape index (κ1) is 13.9. The first-order valence-electron chi connectivity index (χ1n) is 5.17. The van der Waals surface area contributed by atoms with Crippen molar-refractivity contribution in [2.24, 2.45) is 0 Å². The average molecular weight is 223 g/mol. The van der Waals surface area contributed by atoms with Crippen LogP contribution in [0.2, 0.25) is 0 Å². The third-order valence-corrected chi connectivity index (χ3v) is 3.36. The van der Waals surface area contributed by atoms with Crippen LogP contribution in [-0.2, 0) is 10.0 Å². The van der Waals surface area contributed by atoms with Crippen LogP contribution in [0.5, 0.6) is 0 Å². The van der Waals surface area contributed by atoms with Crippen LogP contribution >= 0.6 is 0 Å². The van der Waals surface area contributed by atoms with E-state index in [4.69, 9.17) is 0 Å². The predicted octanol–water partition coefficient (Wildman–Crippen LogP) is 0.867. The summed E-state index contributed by atoms with van der Waals surface area (Å²) in [6.45, 7) is 4.04. The highest BCUT2D eigenvalue weighted by Crippen LogP contribution is 1.97. The second-order valence-corrected chi connectivity index (χ2v) is 5.39. The molecule has 86 valence electrons. The summed E-state index contributed by atoms with van der Waals surface area (Å²) in [4.78, 5) is 0. The summed E-state index contributed by atoms with van der Waals surface area (Å²) in [6.07, 6.45) is 2.46. The number of hydrogen-bond acceptors (Lipinski definition) is 3. The molecule has 0 spiro atoms. The standard InChI is InChI=1S/C9H21NO3S/c1-3-5-7-14(12,13)10-8-9(11)6-4-2/h9-11H,3-8H2,1-2H3/t9-/m1/s1. The number of aliphatic hydroxyl groups is 1. The largest absolute Gasteiger partial charge is 0.392 e. The zero-order chi connectivity index (χ0) is 11.0. The van der Waals surface area contributed by atoms with Gasteiger partial charge in [-0.05, 0) is 12.8 Å². The lowest BCUT2D eigenvalue weighted by atomic mass is 10.2. The third-order valence-electron chi connectivity index (χ3n) is 1.93. The van der Waals surface area contributed by atoms with E-state index in [1.807, 2.05) is 13.8 Å². The molecule has 0 radical (unpaired) electrons. The first-order chi connectivity index (χ1) is 6.52. The van der Waals surface area contributed by atoms with E-state index >= 15 is 0 Å². The Bertz CT molecular complexity index is 226. The van der Waals surface area contributed by atoms with E-state index in [-0.39, 0.29) is 12.3 Å². The monoisotopic (exact) mass is 223 g/mol. The molecule has 0 amide bonds. The fourth-order valence-electron chi connectivity index (χ4n) is 1.06. The second kappa shape index (κ2) is 7.20. The maximum Gasteiger partial charge on any atom is 0.211 e. The molecule has 0 aromatic rings. The van der Waals surface area contributed by atoms with Crippen molar-refractivity contribution in [2.75, 3.05) is 12.3 Å². The smallest absolute Gasteiger partial charge is 0.211 e. The van der Waals surface area contributed by atoms with Gasteiger partial charge in [0.25, 0.3) is 0 Å². The van der Waals surface area contributed by atoms with Crippen LogP contribution in [0.3, 0.4) is 0 Å². The molecule has 0 aromatic carbocycles. The maximum atomic E-state index is 11.3. The molecule has 0 fully saturated rings. The number of rotatable bonds is 8. The minimum atomic E-state index is -3.17. The molecule has 0 rings (SSSR count). The van der Waals surface area contributed by atoms with E-state index in [0.717, 1.165) is 12.8 Å². The van der Waals surface area contributed by atoms with Crippen LogP contribution in [0.15, 0.2) is 0 Å². The van der Waals surface area contributed by atoms with Crippen molar-refractivity contribution in [1.82, 2.24) is 4.72 Å². The number of sulfonamides is 1. The normalized spacial score (nSPS) is 14.2. The number of unbranched alkanes of at least 4 members (excludes halogenated alkanes) is 1. The van der Waals surface area contributed by atoms with Crippen LogP contribution in [0.25, 0.3) is 0 Å². The number of nitrogens with one attached hydrogen (secondary N) is 1. The number of aliphatic hydroxyl groups excluding tert-OH is 1. The van der Waals surface area contributed by atoms with Crippen LogP contribution in [0.4, 0.5) is 0 Å². The summed E-state index contributed by atoms with van der Waals surface area (Å²) < 4.78 is 25.0. The van der Waals surface area contributed by atoms with Gasteiger partial charge in [-0.3, -0.25) is 0 Å². The molecule has 0 aromatic heterocycles. The topological polar surface area (TPSA) is 66.4 Å². The molecular weight excluding hydrogens is 202 g/mol. The van der Waals surface area contributed by atoms with E-state index in [0.29, 0.717) is 12.8 Å². The summed E-state index contributed by atoms with van der Waals surface area (Å²) in [5, 5.41) is 9.31. The average Bonchev–Trinajstić information content (AvgIpc) is 2.13. The van der Waals surface area contributed by atoms with Gasteiger partial charge >= 0.3 is 0 Å². The van der Waals surface area contributed by atoms with E-state index in [9.17, 15) is 13.5 Å². The molecule has 0 unspecified atom stereocenters. The Morgan fingerprint density at radius 2 is 1.93 bits per heavy atom. The summed E-state index contributed by atoms with van der Waals surface area (Å²) in [7, 11) is -3.17. The molecule has 0 aliphatic heterocycles. The third kappa shape index (κ3) is 7.29. The Kier molecular flexibility index (Phi) is 7.13. The quantitative estimate of drug-likeness (QED) is 0.641. The molecule has 0 bridgehead atoms. The van der Waals surface area contributed by atoms with Crippen molar-refractivity contribution < 1.29 is 13.5 Å². The van der Waals surface area contributed by atoms with Gasteiger partial charge in [0.2, 0.25) is 10.0 Å². The lowest BCUT2D eigenvalue weighted by molar-refractivity contribution is 0.167. The highest BCUT2D eigenvalue weighted by Gasteiger charge is 2.11. The molecule has 1 atom stereocenters. The van der Waals surface area contributed by atoms with Gasteiger partial charge in [0.05, 0.1) is 11.9 Å². The van der Waals surface area contributed by atoms with Crippen molar-refractivity contribution in [1.29, 1.82) is 0 Å². The summed E-state index contributed by atoms with van der Waals surface area (Å²) in [6, 6.07) is 0. The van der Waals surface area contributed by atoms with Gasteiger partial charge in [-0.1, -0.05) is 26.7 Å². The first-order valence-corrected chi connectivity index (χ1v) is 6.82. The highest BCUT2D eigenvalue weighted by atomic mass is 32.2. The Morgan fingerprint density at radius 1 is 1.29 bits per heavy atom. The van der Waals surface area contributed by atoms with Gasteiger partial charge in [-0.2, -0.15) is 0 Å². The van der Waals surface area contributed by atoms with Crippen molar-refractivity contribution in [2.45, 2.75) is 45.6 Å². The fraction of sp³-hybridized carbons (Fsp3) is 1.00. The summed E-state index contributed by atoms with van der Waals surface area (Å²) in [5.41, 5.74) is 0. The van der Waals surface area contributed by atoms with E-state index < -0.39 is 16.1 Å². The highest BCUT2D eigenvalue weighted by molar-refractivity contribution is 7.89. The minimum Gasteiger partial charge on any atom is -0.392 e. The zero-order valence-corrected chi connectivity index (χ0v) is 9.81. The van der Waals surface area contributed by atoms with Gasteiger partial charge < -0.3 is 5.11 Å². The fourth-order valence-corrected chi connectivity index (χ4v) is 2.32. The van der Waals surface area contributed by atoms with Crippen LogP contribution in [-0.4, -0.2) is 31.9 Å². The lowest BCUT2D eigenvalue weighted by Crippen LogP contribution is -2.33. The van der Waals surface area contributed by atoms with Crippen molar-refractivity contribution >= 4 is 10.0 Å². The van der Waals surface area contributed by atoms with Gasteiger partial charge in [-0.25, -0.2) is 13.1 Å². The van der Waals surface area contributed by atoms with Gasteiger partial charge in [0, 0.05) is 6.54 Å². The Balaban J connectivity index is 3.75. The molecule has 4 nitrogen and oxygen atoms in total.